The summed E-state index contributed by atoms with van der Waals surface area (Å²) in [7, 11) is 0. The number of hydrogen-bond acceptors (Lipinski definition) is 2. The summed E-state index contributed by atoms with van der Waals surface area (Å²) in [5.41, 5.74) is 0.842. The van der Waals surface area contributed by atoms with Crippen LogP contribution < -0.4 is 10.6 Å². The molecule has 1 aromatic rings. The number of rotatable bonds is 5. The molecule has 0 radical (unpaired) electrons. The molecule has 0 saturated heterocycles. The predicted molar refractivity (Wildman–Crippen MR) is 89.2 cm³/mol. The van der Waals surface area contributed by atoms with Crippen molar-refractivity contribution in [3.05, 3.63) is 28.2 Å². The normalized spacial score (nSPS) is 16.3. The monoisotopic (exact) mass is 328 g/mol. The number of hydrogen-bond donors (Lipinski definition) is 2. The highest BCUT2D eigenvalue weighted by atomic mass is 35.5. The second-order valence-corrected chi connectivity index (χ2v) is 6.46. The maximum absolute atomic E-state index is 11.9. The Morgan fingerprint density at radius 2 is 1.67 bits per heavy atom. The molecule has 3 nitrogen and oxygen atoms in total. The van der Waals surface area contributed by atoms with Crippen LogP contribution in [0.2, 0.25) is 10.0 Å². The second kappa shape index (κ2) is 8.50. The van der Waals surface area contributed by atoms with Gasteiger partial charge in [-0.15, -0.1) is 0 Å². The number of amides is 1. The Morgan fingerprint density at radius 1 is 1.05 bits per heavy atom. The summed E-state index contributed by atoms with van der Waals surface area (Å²) in [6, 6.07) is 5.65. The molecule has 1 fully saturated rings. The van der Waals surface area contributed by atoms with Gasteiger partial charge < -0.3 is 10.6 Å². The summed E-state index contributed by atoms with van der Waals surface area (Å²) < 4.78 is 0. The molecule has 0 spiro atoms. The molecule has 5 heteroatoms. The van der Waals surface area contributed by atoms with E-state index in [0.29, 0.717) is 29.1 Å². The first-order valence-electron chi connectivity index (χ1n) is 7.63. The SMILES string of the molecule is O=C(CCNc1cc(Cl)cc(Cl)c1)NC1CCCCCC1. The third-order valence-electron chi connectivity index (χ3n) is 3.76. The van der Waals surface area contributed by atoms with Crippen LogP contribution in [-0.4, -0.2) is 18.5 Å². The lowest BCUT2D eigenvalue weighted by Crippen LogP contribution is -2.35. The average molecular weight is 329 g/mol. The van der Waals surface area contributed by atoms with Gasteiger partial charge in [-0.1, -0.05) is 48.9 Å². The Balaban J connectivity index is 1.71. The van der Waals surface area contributed by atoms with Gasteiger partial charge in [0.05, 0.1) is 0 Å². The van der Waals surface area contributed by atoms with Crippen molar-refractivity contribution in [1.29, 1.82) is 0 Å². The third-order valence-corrected chi connectivity index (χ3v) is 4.20. The zero-order valence-corrected chi connectivity index (χ0v) is 13.6. The number of carbonyl (C=O) groups is 1. The summed E-state index contributed by atoms with van der Waals surface area (Å²) in [6.45, 7) is 0.579. The molecule has 0 atom stereocenters. The van der Waals surface area contributed by atoms with E-state index in [9.17, 15) is 4.79 Å². The van der Waals surface area contributed by atoms with E-state index in [0.717, 1.165) is 18.5 Å². The van der Waals surface area contributed by atoms with Gasteiger partial charge in [0.15, 0.2) is 0 Å². The van der Waals surface area contributed by atoms with E-state index in [1.54, 1.807) is 18.2 Å². The van der Waals surface area contributed by atoms with Crippen LogP contribution >= 0.6 is 23.2 Å². The molecule has 116 valence electrons. The largest absolute Gasteiger partial charge is 0.384 e. The molecule has 2 rings (SSSR count). The van der Waals surface area contributed by atoms with Crippen LogP contribution in [0, 0.1) is 0 Å². The molecule has 1 amide bonds. The molecular weight excluding hydrogens is 307 g/mol. The maximum Gasteiger partial charge on any atom is 0.221 e. The fourth-order valence-corrected chi connectivity index (χ4v) is 3.23. The van der Waals surface area contributed by atoms with E-state index < -0.39 is 0 Å². The van der Waals surface area contributed by atoms with Crippen molar-refractivity contribution < 1.29 is 4.79 Å². The molecule has 0 aliphatic heterocycles. The standard InChI is InChI=1S/C16H22Cl2N2O/c17-12-9-13(18)11-15(10-12)19-8-7-16(21)20-14-5-3-1-2-4-6-14/h9-11,14,19H,1-8H2,(H,20,21). The van der Waals surface area contributed by atoms with E-state index in [-0.39, 0.29) is 5.91 Å². The lowest BCUT2D eigenvalue weighted by Gasteiger charge is -2.16. The highest BCUT2D eigenvalue weighted by molar-refractivity contribution is 6.35. The van der Waals surface area contributed by atoms with E-state index in [4.69, 9.17) is 23.2 Å². The van der Waals surface area contributed by atoms with Crippen molar-refractivity contribution >= 4 is 34.8 Å². The topological polar surface area (TPSA) is 41.1 Å². The highest BCUT2D eigenvalue weighted by Gasteiger charge is 2.14. The van der Waals surface area contributed by atoms with Gasteiger partial charge in [0.25, 0.3) is 0 Å². The molecule has 1 saturated carbocycles. The number of anilines is 1. The quantitative estimate of drug-likeness (QED) is 0.773. The fraction of sp³-hybridized carbons (Fsp3) is 0.562. The molecule has 0 bridgehead atoms. The summed E-state index contributed by atoms with van der Waals surface area (Å²) in [5.74, 6) is 0.113. The zero-order valence-electron chi connectivity index (χ0n) is 12.1. The Hall–Kier alpha value is -0.930. The van der Waals surface area contributed by atoms with Gasteiger partial charge in [0, 0.05) is 34.7 Å². The number of nitrogens with one attached hydrogen (secondary N) is 2. The number of halogens is 2. The van der Waals surface area contributed by atoms with Crippen LogP contribution in [0.5, 0.6) is 0 Å². The molecule has 0 unspecified atom stereocenters. The minimum atomic E-state index is 0.113. The molecule has 1 aromatic carbocycles. The summed E-state index contributed by atoms with van der Waals surface area (Å²) in [6.07, 6.45) is 7.73. The Bertz CT molecular complexity index is 451. The van der Waals surface area contributed by atoms with Crippen molar-refractivity contribution in [2.24, 2.45) is 0 Å². The maximum atomic E-state index is 11.9. The first kappa shape index (κ1) is 16.4. The minimum Gasteiger partial charge on any atom is -0.384 e. The summed E-state index contributed by atoms with van der Waals surface area (Å²) >= 11 is 11.9. The molecular formula is C16H22Cl2N2O. The first-order valence-corrected chi connectivity index (χ1v) is 8.38. The third kappa shape index (κ3) is 6.15. The van der Waals surface area contributed by atoms with Crippen LogP contribution in [0.15, 0.2) is 18.2 Å². The van der Waals surface area contributed by atoms with Crippen molar-refractivity contribution in [3.8, 4) is 0 Å². The van der Waals surface area contributed by atoms with E-state index in [1.807, 2.05) is 0 Å². The van der Waals surface area contributed by atoms with Crippen LogP contribution in [0.1, 0.15) is 44.9 Å². The van der Waals surface area contributed by atoms with Crippen molar-refractivity contribution in [2.75, 3.05) is 11.9 Å². The van der Waals surface area contributed by atoms with Gasteiger partial charge in [-0.05, 0) is 31.0 Å². The lowest BCUT2D eigenvalue weighted by atomic mass is 10.1. The van der Waals surface area contributed by atoms with E-state index in [2.05, 4.69) is 10.6 Å². The van der Waals surface area contributed by atoms with Crippen LogP contribution in [0.3, 0.4) is 0 Å². The minimum absolute atomic E-state index is 0.113. The smallest absolute Gasteiger partial charge is 0.221 e. The number of benzene rings is 1. The van der Waals surface area contributed by atoms with Crippen molar-refractivity contribution in [3.63, 3.8) is 0 Å². The molecule has 0 heterocycles. The fourth-order valence-electron chi connectivity index (χ4n) is 2.70. The molecule has 1 aliphatic carbocycles. The zero-order chi connectivity index (χ0) is 15.1. The van der Waals surface area contributed by atoms with E-state index in [1.165, 1.54) is 25.7 Å². The van der Waals surface area contributed by atoms with Gasteiger partial charge in [-0.2, -0.15) is 0 Å². The van der Waals surface area contributed by atoms with E-state index >= 15 is 0 Å². The van der Waals surface area contributed by atoms with Crippen molar-refractivity contribution in [2.45, 2.75) is 51.0 Å². The summed E-state index contributed by atoms with van der Waals surface area (Å²) in [5, 5.41) is 7.50. The van der Waals surface area contributed by atoms with Gasteiger partial charge in [0.1, 0.15) is 0 Å². The van der Waals surface area contributed by atoms with Crippen LogP contribution in [-0.2, 0) is 4.79 Å². The first-order chi connectivity index (χ1) is 10.1. The molecule has 1 aliphatic rings. The average Bonchev–Trinajstić information content (AvgIpc) is 2.66. The second-order valence-electron chi connectivity index (χ2n) is 5.59. The lowest BCUT2D eigenvalue weighted by molar-refractivity contribution is -0.121. The van der Waals surface area contributed by atoms with Gasteiger partial charge in [-0.25, -0.2) is 0 Å². The highest BCUT2D eigenvalue weighted by Crippen LogP contribution is 2.22. The Morgan fingerprint density at radius 3 is 2.29 bits per heavy atom. The van der Waals surface area contributed by atoms with Gasteiger partial charge >= 0.3 is 0 Å². The Kier molecular flexibility index (Phi) is 6.65. The molecule has 2 N–H and O–H groups in total. The Labute approximate surface area is 136 Å². The van der Waals surface area contributed by atoms with Crippen molar-refractivity contribution in [1.82, 2.24) is 5.32 Å². The molecule has 0 aromatic heterocycles. The predicted octanol–water partition coefficient (Wildman–Crippen LogP) is 4.63. The molecule has 21 heavy (non-hydrogen) atoms. The van der Waals surface area contributed by atoms with Gasteiger partial charge in [0.2, 0.25) is 5.91 Å². The van der Waals surface area contributed by atoms with Crippen LogP contribution in [0.25, 0.3) is 0 Å². The summed E-state index contributed by atoms with van der Waals surface area (Å²) in [4.78, 5) is 11.9. The van der Waals surface area contributed by atoms with Crippen LogP contribution in [0.4, 0.5) is 5.69 Å². The van der Waals surface area contributed by atoms with Gasteiger partial charge in [-0.3, -0.25) is 4.79 Å². The number of carbonyl (C=O) groups excluding carboxylic acids is 1.